The molecule has 13 heteroatoms. The summed E-state index contributed by atoms with van der Waals surface area (Å²) in [4.78, 5) is 23.4. The maximum Gasteiger partial charge on any atom is 0.315 e. The van der Waals surface area contributed by atoms with Crippen LogP contribution in [0.2, 0.25) is 0 Å². The van der Waals surface area contributed by atoms with Crippen molar-refractivity contribution in [2.24, 2.45) is 5.73 Å². The highest BCUT2D eigenvalue weighted by atomic mass is 32.2. The van der Waals surface area contributed by atoms with E-state index in [1.165, 1.54) is 0 Å². The van der Waals surface area contributed by atoms with E-state index < -0.39 is 0 Å². The molecule has 5 N–H and O–H groups in total. The number of amides is 3. The van der Waals surface area contributed by atoms with Crippen molar-refractivity contribution >= 4 is 23.7 Å². The Morgan fingerprint density at radius 3 is 1.92 bits per heavy atom. The van der Waals surface area contributed by atoms with E-state index in [0.29, 0.717) is 104 Å². The second-order valence-corrected chi connectivity index (χ2v) is 9.95. The molecule has 2 aliphatic heterocycles. The molecule has 0 aromatic heterocycles. The molecule has 216 valence electrons. The van der Waals surface area contributed by atoms with E-state index >= 15 is 0 Å². The van der Waals surface area contributed by atoms with Gasteiger partial charge in [0.1, 0.15) is 0 Å². The van der Waals surface area contributed by atoms with Gasteiger partial charge in [0, 0.05) is 30.5 Å². The number of rotatable bonds is 25. The maximum absolute atomic E-state index is 12.0. The number of unbranched alkanes of at least 4 members (excludes halogenated alkanes) is 1. The van der Waals surface area contributed by atoms with Crippen molar-refractivity contribution in [1.29, 1.82) is 0 Å². The van der Waals surface area contributed by atoms with Crippen LogP contribution in [0.15, 0.2) is 0 Å². The average molecular weight is 551 g/mol. The fourth-order valence-corrected chi connectivity index (χ4v) is 5.45. The number of fused-ring (bicyclic) bond motifs is 1. The zero-order valence-electron chi connectivity index (χ0n) is 21.9. The molecular weight excluding hydrogens is 504 g/mol. The molecule has 12 nitrogen and oxygen atoms in total. The van der Waals surface area contributed by atoms with E-state index in [0.717, 1.165) is 25.0 Å². The molecule has 2 heterocycles. The first-order chi connectivity index (χ1) is 18.2. The van der Waals surface area contributed by atoms with Crippen LogP contribution in [0.4, 0.5) is 4.79 Å². The largest absolute Gasteiger partial charge is 0.378 e. The zero-order valence-corrected chi connectivity index (χ0v) is 22.7. The van der Waals surface area contributed by atoms with Crippen LogP contribution in [0.3, 0.4) is 0 Å². The molecule has 37 heavy (non-hydrogen) atoms. The van der Waals surface area contributed by atoms with Crippen LogP contribution in [0.25, 0.3) is 0 Å². The van der Waals surface area contributed by atoms with Crippen LogP contribution in [-0.2, 0) is 33.2 Å². The van der Waals surface area contributed by atoms with Gasteiger partial charge in [-0.1, -0.05) is 6.42 Å². The monoisotopic (exact) mass is 550 g/mol. The van der Waals surface area contributed by atoms with E-state index in [4.69, 9.17) is 34.2 Å². The highest BCUT2D eigenvalue weighted by Gasteiger charge is 2.42. The van der Waals surface area contributed by atoms with Gasteiger partial charge in [-0.05, 0) is 12.8 Å². The van der Waals surface area contributed by atoms with Gasteiger partial charge in [0.15, 0.2) is 0 Å². The average Bonchev–Trinajstić information content (AvgIpc) is 3.44. The summed E-state index contributed by atoms with van der Waals surface area (Å²) in [5.41, 5.74) is 5.32. The predicted octanol–water partition coefficient (Wildman–Crippen LogP) is -0.113. The summed E-state index contributed by atoms with van der Waals surface area (Å²) < 4.78 is 32.3. The summed E-state index contributed by atoms with van der Waals surface area (Å²) in [6.07, 6.45) is 3.37. The third-order valence-electron chi connectivity index (χ3n) is 5.77. The van der Waals surface area contributed by atoms with Crippen molar-refractivity contribution in [2.45, 2.75) is 43.0 Å². The van der Waals surface area contributed by atoms with Gasteiger partial charge in [-0.15, -0.1) is 0 Å². The Labute approximate surface area is 224 Å². The Balaban J connectivity index is 1.23. The SMILES string of the molecule is NCCOCCOCCOCCOCCOCCOCCNC(=O)CCCCC1SCC2NC(=O)NC21. The number of hydrogen-bond acceptors (Lipinski definition) is 10. The molecule has 2 saturated heterocycles. The van der Waals surface area contributed by atoms with Crippen molar-refractivity contribution in [3.05, 3.63) is 0 Å². The Bertz CT molecular complexity index is 607. The molecule has 0 aliphatic carbocycles. The Hall–Kier alpha value is -1.19. The van der Waals surface area contributed by atoms with Gasteiger partial charge in [0.25, 0.3) is 0 Å². The molecule has 0 saturated carbocycles. The minimum absolute atomic E-state index is 0.0502. The summed E-state index contributed by atoms with van der Waals surface area (Å²) in [5, 5.41) is 9.28. The number of hydrogen-bond donors (Lipinski definition) is 4. The van der Waals surface area contributed by atoms with Crippen LogP contribution < -0.4 is 21.7 Å². The zero-order chi connectivity index (χ0) is 26.4. The highest BCUT2D eigenvalue weighted by molar-refractivity contribution is 8.00. The van der Waals surface area contributed by atoms with Gasteiger partial charge in [0.2, 0.25) is 5.91 Å². The van der Waals surface area contributed by atoms with Crippen molar-refractivity contribution in [3.8, 4) is 0 Å². The number of urea groups is 1. The third kappa shape index (κ3) is 15.7. The second kappa shape index (κ2) is 21.7. The lowest BCUT2D eigenvalue weighted by molar-refractivity contribution is -0.121. The summed E-state index contributed by atoms with van der Waals surface area (Å²) in [5.74, 6) is 1.02. The molecule has 0 aromatic rings. The predicted molar refractivity (Wildman–Crippen MR) is 141 cm³/mol. The van der Waals surface area contributed by atoms with Crippen molar-refractivity contribution in [2.75, 3.05) is 98.1 Å². The number of thioether (sulfide) groups is 1. The molecule has 2 rings (SSSR count). The van der Waals surface area contributed by atoms with Crippen LogP contribution in [0.1, 0.15) is 25.7 Å². The van der Waals surface area contributed by atoms with E-state index in [2.05, 4.69) is 16.0 Å². The quantitative estimate of drug-likeness (QED) is 0.0895. The first kappa shape index (κ1) is 32.0. The van der Waals surface area contributed by atoms with Gasteiger partial charge in [-0.25, -0.2) is 4.79 Å². The van der Waals surface area contributed by atoms with Crippen molar-refractivity contribution in [3.63, 3.8) is 0 Å². The Kier molecular flexibility index (Phi) is 18.8. The van der Waals surface area contributed by atoms with Gasteiger partial charge in [0.05, 0.1) is 91.4 Å². The molecule has 0 bridgehead atoms. The van der Waals surface area contributed by atoms with Crippen LogP contribution in [0, 0.1) is 0 Å². The summed E-state index contributed by atoms with van der Waals surface area (Å²) in [7, 11) is 0. The van der Waals surface area contributed by atoms with E-state index in [1.807, 2.05) is 11.8 Å². The van der Waals surface area contributed by atoms with Gasteiger partial charge >= 0.3 is 6.03 Å². The number of nitrogens with one attached hydrogen (secondary N) is 3. The molecule has 0 spiro atoms. The van der Waals surface area contributed by atoms with E-state index in [1.54, 1.807) is 0 Å². The highest BCUT2D eigenvalue weighted by Crippen LogP contribution is 2.33. The van der Waals surface area contributed by atoms with Gasteiger partial charge in [-0.2, -0.15) is 11.8 Å². The smallest absolute Gasteiger partial charge is 0.315 e. The summed E-state index contributed by atoms with van der Waals surface area (Å²) >= 11 is 1.90. The van der Waals surface area contributed by atoms with E-state index in [-0.39, 0.29) is 24.0 Å². The minimum Gasteiger partial charge on any atom is -0.378 e. The number of carbonyl (C=O) groups excluding carboxylic acids is 2. The molecule has 0 aromatic carbocycles. The van der Waals surface area contributed by atoms with Crippen LogP contribution in [0.5, 0.6) is 0 Å². The van der Waals surface area contributed by atoms with Crippen molar-refractivity contribution < 1.29 is 38.0 Å². The number of ether oxygens (including phenoxy) is 6. The first-order valence-corrected chi connectivity index (χ1v) is 14.4. The normalized spacial score (nSPS) is 20.6. The molecule has 3 atom stereocenters. The van der Waals surface area contributed by atoms with E-state index in [9.17, 15) is 9.59 Å². The number of nitrogens with two attached hydrogens (primary N) is 1. The third-order valence-corrected chi connectivity index (χ3v) is 7.28. The molecule has 3 unspecified atom stereocenters. The molecule has 0 radical (unpaired) electrons. The van der Waals surface area contributed by atoms with Crippen molar-refractivity contribution in [1.82, 2.24) is 16.0 Å². The summed E-state index contributed by atoms with van der Waals surface area (Å²) in [6.45, 7) is 7.15. The molecule has 2 aliphatic rings. The van der Waals surface area contributed by atoms with Crippen LogP contribution in [-0.4, -0.2) is 127 Å². The topological polar surface area (TPSA) is 152 Å². The lowest BCUT2D eigenvalue weighted by Crippen LogP contribution is -2.36. The fraction of sp³-hybridized carbons (Fsp3) is 0.917. The standard InChI is InChI=1S/C24H46N4O8S/c25-5-7-31-9-11-33-13-15-35-17-18-36-16-14-34-12-10-32-8-6-26-22(29)4-2-1-3-21-23-20(19-37-21)27-24(30)28-23/h20-21,23H,1-19,25H2,(H,26,29)(H2,27,28,30). The van der Waals surface area contributed by atoms with Gasteiger partial charge < -0.3 is 50.1 Å². The van der Waals surface area contributed by atoms with Crippen LogP contribution >= 0.6 is 11.8 Å². The van der Waals surface area contributed by atoms with Gasteiger partial charge in [-0.3, -0.25) is 4.79 Å². The number of carbonyl (C=O) groups is 2. The Morgan fingerprint density at radius 1 is 0.811 bits per heavy atom. The lowest BCUT2D eigenvalue weighted by Gasteiger charge is -2.16. The first-order valence-electron chi connectivity index (χ1n) is 13.3. The molecular formula is C24H46N4O8S. The second-order valence-electron chi connectivity index (χ2n) is 8.68. The Morgan fingerprint density at radius 2 is 1.35 bits per heavy atom. The minimum atomic E-state index is -0.0561. The lowest BCUT2D eigenvalue weighted by atomic mass is 10.0. The molecule has 3 amide bonds. The maximum atomic E-state index is 12.0. The summed E-state index contributed by atoms with van der Waals surface area (Å²) in [6, 6.07) is 0.429. The fourth-order valence-electron chi connectivity index (χ4n) is 3.91. The molecule has 2 fully saturated rings.